The summed E-state index contributed by atoms with van der Waals surface area (Å²) in [7, 11) is 0. The first-order chi connectivity index (χ1) is 7.75. The van der Waals surface area contributed by atoms with E-state index in [1.807, 2.05) is 0 Å². The lowest BCUT2D eigenvalue weighted by Gasteiger charge is -2.06. The van der Waals surface area contributed by atoms with Crippen LogP contribution in [-0.4, -0.2) is 9.97 Å². The maximum Gasteiger partial charge on any atom is 0.166 e. The maximum atomic E-state index is 13.3. The number of ether oxygens (including phenoxy) is 1. The molecule has 0 saturated carbocycles. The zero-order valence-corrected chi connectivity index (χ0v) is 9.19. The lowest BCUT2D eigenvalue weighted by Crippen LogP contribution is -2.01. The van der Waals surface area contributed by atoms with E-state index in [-0.39, 0.29) is 12.4 Å². The van der Waals surface area contributed by atoms with Crippen molar-refractivity contribution < 1.29 is 9.13 Å². The molecule has 0 atom stereocenters. The monoisotopic (exact) mass is 236 g/mol. The van der Waals surface area contributed by atoms with Gasteiger partial charge >= 0.3 is 0 Å². The minimum atomic E-state index is -0.422. The number of rotatable bonds is 3. The summed E-state index contributed by atoms with van der Waals surface area (Å²) in [6.45, 7) is 0.134. The first kappa shape index (κ1) is 10.9. The fourth-order valence-corrected chi connectivity index (χ4v) is 1.34. The van der Waals surface area contributed by atoms with Crippen molar-refractivity contribution in [3.8, 4) is 5.75 Å². The number of halogens is 1. The Balaban J connectivity index is 2.08. The molecule has 0 bridgehead atoms. The van der Waals surface area contributed by atoms with Crippen LogP contribution in [0.25, 0.3) is 0 Å². The van der Waals surface area contributed by atoms with E-state index in [9.17, 15) is 4.39 Å². The van der Waals surface area contributed by atoms with Gasteiger partial charge in [-0.15, -0.1) is 12.6 Å². The third kappa shape index (κ3) is 2.70. The van der Waals surface area contributed by atoms with Crippen molar-refractivity contribution in [3.05, 3.63) is 48.3 Å². The third-order valence-electron chi connectivity index (χ3n) is 1.89. The largest absolute Gasteiger partial charge is 0.482 e. The number of aromatic nitrogens is 2. The molecule has 82 valence electrons. The summed E-state index contributed by atoms with van der Waals surface area (Å²) < 4.78 is 18.5. The highest BCUT2D eigenvalue weighted by atomic mass is 32.1. The number of hydrogen-bond acceptors (Lipinski definition) is 4. The molecule has 2 aromatic rings. The molecular weight excluding hydrogens is 227 g/mol. The molecule has 5 heteroatoms. The molecule has 2 rings (SSSR count). The standard InChI is InChI=1S/C11H9FN2OS/c12-9-3-2-8(16)6-10(9)15-7-11-13-4-1-5-14-11/h1-6,16H,7H2. The van der Waals surface area contributed by atoms with Crippen molar-refractivity contribution in [3.63, 3.8) is 0 Å². The molecule has 1 aromatic heterocycles. The van der Waals surface area contributed by atoms with E-state index >= 15 is 0 Å². The SMILES string of the molecule is Fc1ccc(S)cc1OCc1ncccn1. The fraction of sp³-hybridized carbons (Fsp3) is 0.0909. The normalized spacial score (nSPS) is 10.1. The van der Waals surface area contributed by atoms with Crippen LogP contribution in [-0.2, 0) is 6.61 Å². The Labute approximate surface area is 97.7 Å². The number of hydrogen-bond donors (Lipinski definition) is 1. The summed E-state index contributed by atoms with van der Waals surface area (Å²) in [5.74, 6) is 0.236. The molecule has 16 heavy (non-hydrogen) atoms. The van der Waals surface area contributed by atoms with Crippen LogP contribution >= 0.6 is 12.6 Å². The Morgan fingerprint density at radius 3 is 2.75 bits per heavy atom. The Kier molecular flexibility index (Phi) is 3.36. The summed E-state index contributed by atoms with van der Waals surface area (Å²) >= 11 is 4.10. The Morgan fingerprint density at radius 1 is 1.25 bits per heavy atom. The summed E-state index contributed by atoms with van der Waals surface area (Å²) in [5.41, 5.74) is 0. The predicted molar refractivity (Wildman–Crippen MR) is 60.0 cm³/mol. The Bertz CT molecular complexity index is 479. The van der Waals surface area contributed by atoms with Crippen molar-refractivity contribution in [1.29, 1.82) is 0 Å². The van der Waals surface area contributed by atoms with Crippen LogP contribution in [0.15, 0.2) is 41.6 Å². The summed E-state index contributed by atoms with van der Waals surface area (Å²) in [6, 6.07) is 6.09. The van der Waals surface area contributed by atoms with Gasteiger partial charge < -0.3 is 4.74 Å². The summed E-state index contributed by atoms with van der Waals surface area (Å²) in [6.07, 6.45) is 3.22. The van der Waals surface area contributed by atoms with Gasteiger partial charge in [-0.1, -0.05) is 0 Å². The molecular formula is C11H9FN2OS. The minimum absolute atomic E-state index is 0.134. The lowest BCUT2D eigenvalue weighted by molar-refractivity contribution is 0.280. The van der Waals surface area contributed by atoms with E-state index in [0.717, 1.165) is 0 Å². The zero-order chi connectivity index (χ0) is 11.4. The van der Waals surface area contributed by atoms with Gasteiger partial charge in [0, 0.05) is 17.3 Å². The van der Waals surface area contributed by atoms with Crippen LogP contribution < -0.4 is 4.74 Å². The average molecular weight is 236 g/mol. The summed E-state index contributed by atoms with van der Waals surface area (Å²) in [4.78, 5) is 8.58. The van der Waals surface area contributed by atoms with Crippen molar-refractivity contribution >= 4 is 12.6 Å². The first-order valence-electron chi connectivity index (χ1n) is 4.63. The Hall–Kier alpha value is -1.62. The van der Waals surface area contributed by atoms with Crippen molar-refractivity contribution in [2.75, 3.05) is 0 Å². The summed E-state index contributed by atoms with van der Waals surface area (Å²) in [5, 5.41) is 0. The van der Waals surface area contributed by atoms with E-state index in [2.05, 4.69) is 22.6 Å². The number of benzene rings is 1. The lowest BCUT2D eigenvalue weighted by atomic mass is 10.3. The molecule has 3 nitrogen and oxygen atoms in total. The van der Waals surface area contributed by atoms with E-state index in [1.165, 1.54) is 12.1 Å². The molecule has 0 aliphatic rings. The molecule has 1 heterocycles. The quantitative estimate of drug-likeness (QED) is 0.831. The van der Waals surface area contributed by atoms with E-state index < -0.39 is 5.82 Å². The minimum Gasteiger partial charge on any atom is -0.482 e. The van der Waals surface area contributed by atoms with Crippen LogP contribution in [0, 0.1) is 5.82 Å². The first-order valence-corrected chi connectivity index (χ1v) is 5.07. The molecule has 0 spiro atoms. The van der Waals surface area contributed by atoms with Gasteiger partial charge in [-0.3, -0.25) is 0 Å². The smallest absolute Gasteiger partial charge is 0.166 e. The van der Waals surface area contributed by atoms with Gasteiger partial charge in [-0.25, -0.2) is 14.4 Å². The molecule has 0 unspecified atom stereocenters. The van der Waals surface area contributed by atoms with Crippen LogP contribution in [0.4, 0.5) is 4.39 Å². The molecule has 0 amide bonds. The van der Waals surface area contributed by atoms with Crippen LogP contribution in [0.1, 0.15) is 5.82 Å². The van der Waals surface area contributed by atoms with Crippen LogP contribution in [0.2, 0.25) is 0 Å². The molecule has 1 aromatic carbocycles. The zero-order valence-electron chi connectivity index (χ0n) is 8.30. The van der Waals surface area contributed by atoms with Crippen LogP contribution in [0.5, 0.6) is 5.75 Å². The highest BCUT2D eigenvalue weighted by Crippen LogP contribution is 2.21. The molecule has 0 N–H and O–H groups in total. The number of thiol groups is 1. The topological polar surface area (TPSA) is 35.0 Å². The highest BCUT2D eigenvalue weighted by molar-refractivity contribution is 7.80. The molecule has 0 saturated heterocycles. The van der Waals surface area contributed by atoms with Gasteiger partial charge in [0.25, 0.3) is 0 Å². The van der Waals surface area contributed by atoms with Gasteiger partial charge in [-0.2, -0.15) is 0 Å². The fourth-order valence-electron chi connectivity index (χ4n) is 1.15. The molecule has 0 fully saturated rings. The molecule has 0 radical (unpaired) electrons. The van der Waals surface area contributed by atoms with Gasteiger partial charge in [-0.05, 0) is 24.3 Å². The van der Waals surface area contributed by atoms with E-state index in [1.54, 1.807) is 24.5 Å². The van der Waals surface area contributed by atoms with E-state index in [4.69, 9.17) is 4.74 Å². The van der Waals surface area contributed by atoms with Crippen molar-refractivity contribution in [2.24, 2.45) is 0 Å². The second-order valence-electron chi connectivity index (χ2n) is 3.07. The second-order valence-corrected chi connectivity index (χ2v) is 3.58. The van der Waals surface area contributed by atoms with Crippen molar-refractivity contribution in [1.82, 2.24) is 9.97 Å². The molecule has 0 aliphatic carbocycles. The third-order valence-corrected chi connectivity index (χ3v) is 2.17. The van der Waals surface area contributed by atoms with Gasteiger partial charge in [0.2, 0.25) is 0 Å². The van der Waals surface area contributed by atoms with Gasteiger partial charge in [0.1, 0.15) is 6.61 Å². The average Bonchev–Trinajstić information content (AvgIpc) is 2.32. The van der Waals surface area contributed by atoms with Gasteiger partial charge in [0.15, 0.2) is 17.4 Å². The Morgan fingerprint density at radius 2 is 2.00 bits per heavy atom. The van der Waals surface area contributed by atoms with Gasteiger partial charge in [0.05, 0.1) is 0 Å². The maximum absolute atomic E-state index is 13.3. The van der Waals surface area contributed by atoms with Crippen LogP contribution in [0.3, 0.4) is 0 Å². The van der Waals surface area contributed by atoms with Crippen molar-refractivity contribution in [2.45, 2.75) is 11.5 Å². The highest BCUT2D eigenvalue weighted by Gasteiger charge is 2.04. The second kappa shape index (κ2) is 4.94. The molecule has 0 aliphatic heterocycles. The number of nitrogens with zero attached hydrogens (tertiary/aromatic N) is 2. The van der Waals surface area contributed by atoms with E-state index in [0.29, 0.717) is 10.7 Å². The predicted octanol–water partition coefficient (Wildman–Crippen LogP) is 2.48.